The molecular weight excluding hydrogens is 288 g/mol. The van der Waals surface area contributed by atoms with Gasteiger partial charge < -0.3 is 10.5 Å². The van der Waals surface area contributed by atoms with E-state index < -0.39 is 24.2 Å². The van der Waals surface area contributed by atoms with Crippen LogP contribution in [0.2, 0.25) is 5.02 Å². The number of rotatable bonds is 3. The van der Waals surface area contributed by atoms with E-state index in [-0.39, 0.29) is 21.8 Å². The first-order valence-electron chi connectivity index (χ1n) is 5.64. The summed E-state index contributed by atoms with van der Waals surface area (Å²) in [5, 5.41) is 0.0477. The Morgan fingerprint density at radius 3 is 2.40 bits per heavy atom. The van der Waals surface area contributed by atoms with Crippen LogP contribution in [0.1, 0.15) is 15.9 Å². The summed E-state index contributed by atoms with van der Waals surface area (Å²) >= 11 is 5.86. The molecule has 0 aliphatic rings. The smallest absolute Gasteiger partial charge is 0.340 e. The van der Waals surface area contributed by atoms with Crippen molar-refractivity contribution in [1.82, 2.24) is 0 Å². The number of anilines is 1. The lowest BCUT2D eigenvalue weighted by Gasteiger charge is -2.08. The van der Waals surface area contributed by atoms with E-state index >= 15 is 0 Å². The topological polar surface area (TPSA) is 52.3 Å². The number of carbonyl (C=O) groups excluding carboxylic acids is 1. The number of benzene rings is 2. The highest BCUT2D eigenvalue weighted by atomic mass is 35.5. The van der Waals surface area contributed by atoms with Gasteiger partial charge in [0.1, 0.15) is 18.2 Å². The minimum Gasteiger partial charge on any atom is -0.457 e. The Morgan fingerprint density at radius 1 is 1.15 bits per heavy atom. The van der Waals surface area contributed by atoms with E-state index in [1.54, 1.807) is 0 Å². The molecule has 0 atom stereocenters. The normalized spacial score (nSPS) is 10.3. The summed E-state index contributed by atoms with van der Waals surface area (Å²) in [5.41, 5.74) is 5.50. The highest BCUT2D eigenvalue weighted by Gasteiger charge is 2.16. The van der Waals surface area contributed by atoms with E-state index in [9.17, 15) is 13.6 Å². The summed E-state index contributed by atoms with van der Waals surface area (Å²) in [6.07, 6.45) is 0. The summed E-state index contributed by atoms with van der Waals surface area (Å²) in [6.45, 7) is -0.525. The third-order valence-electron chi connectivity index (χ3n) is 2.66. The fourth-order valence-electron chi connectivity index (χ4n) is 1.59. The van der Waals surface area contributed by atoms with Crippen LogP contribution in [0.15, 0.2) is 36.4 Å². The van der Waals surface area contributed by atoms with Gasteiger partial charge in [-0.1, -0.05) is 23.7 Å². The van der Waals surface area contributed by atoms with Gasteiger partial charge in [0.05, 0.1) is 21.8 Å². The molecule has 2 aromatic rings. The zero-order valence-electron chi connectivity index (χ0n) is 10.2. The summed E-state index contributed by atoms with van der Waals surface area (Å²) in [5.74, 6) is -2.36. The monoisotopic (exact) mass is 297 g/mol. The molecule has 0 aliphatic carbocycles. The number of hydrogen-bond acceptors (Lipinski definition) is 3. The van der Waals surface area contributed by atoms with Crippen molar-refractivity contribution in [3.05, 3.63) is 64.2 Å². The van der Waals surface area contributed by atoms with Crippen LogP contribution in [0.5, 0.6) is 0 Å². The molecule has 0 spiro atoms. The molecule has 0 radical (unpaired) electrons. The van der Waals surface area contributed by atoms with E-state index in [1.807, 2.05) is 0 Å². The van der Waals surface area contributed by atoms with Gasteiger partial charge in [0.15, 0.2) is 0 Å². The second kappa shape index (κ2) is 5.88. The maximum Gasteiger partial charge on any atom is 0.340 e. The van der Waals surface area contributed by atoms with Crippen molar-refractivity contribution in [3.63, 3.8) is 0 Å². The van der Waals surface area contributed by atoms with Crippen LogP contribution in [-0.2, 0) is 11.3 Å². The zero-order valence-corrected chi connectivity index (χ0v) is 11.0. The molecule has 0 saturated carbocycles. The van der Waals surface area contributed by atoms with Crippen molar-refractivity contribution in [2.45, 2.75) is 6.61 Å². The van der Waals surface area contributed by atoms with Gasteiger partial charge in [-0.15, -0.1) is 0 Å². The Hall–Kier alpha value is -2.14. The molecule has 104 valence electrons. The van der Waals surface area contributed by atoms with Crippen molar-refractivity contribution >= 4 is 23.3 Å². The average Bonchev–Trinajstić information content (AvgIpc) is 2.41. The zero-order chi connectivity index (χ0) is 14.7. The number of nitrogens with two attached hydrogens (primary N) is 1. The van der Waals surface area contributed by atoms with Crippen molar-refractivity contribution in [2.75, 3.05) is 5.73 Å². The van der Waals surface area contributed by atoms with Crippen molar-refractivity contribution in [3.8, 4) is 0 Å². The van der Waals surface area contributed by atoms with Crippen LogP contribution in [0, 0.1) is 11.6 Å². The van der Waals surface area contributed by atoms with E-state index in [0.29, 0.717) is 0 Å². The van der Waals surface area contributed by atoms with Gasteiger partial charge in [-0.2, -0.15) is 0 Å². The molecule has 0 heterocycles. The van der Waals surface area contributed by atoms with E-state index in [0.717, 1.165) is 12.1 Å². The van der Waals surface area contributed by atoms with Gasteiger partial charge in [-0.25, -0.2) is 13.6 Å². The number of carbonyl (C=O) groups is 1. The minimum absolute atomic E-state index is 0.0448. The molecule has 3 nitrogen and oxygen atoms in total. The summed E-state index contributed by atoms with van der Waals surface area (Å²) < 4.78 is 31.6. The highest BCUT2D eigenvalue weighted by Crippen LogP contribution is 2.24. The first kappa shape index (κ1) is 14.3. The molecule has 0 bridgehead atoms. The molecule has 2 aromatic carbocycles. The highest BCUT2D eigenvalue weighted by molar-refractivity contribution is 6.36. The van der Waals surface area contributed by atoms with Crippen LogP contribution in [0.3, 0.4) is 0 Å². The maximum atomic E-state index is 13.4. The van der Waals surface area contributed by atoms with Crippen LogP contribution in [0.25, 0.3) is 0 Å². The van der Waals surface area contributed by atoms with Gasteiger partial charge in [0.2, 0.25) is 0 Å². The van der Waals surface area contributed by atoms with Crippen LogP contribution in [-0.4, -0.2) is 5.97 Å². The second-order valence-electron chi connectivity index (χ2n) is 3.99. The lowest BCUT2D eigenvalue weighted by Crippen LogP contribution is -2.09. The van der Waals surface area contributed by atoms with Crippen LogP contribution in [0.4, 0.5) is 14.5 Å². The number of halogens is 3. The van der Waals surface area contributed by atoms with E-state index in [2.05, 4.69) is 0 Å². The third-order valence-corrected chi connectivity index (χ3v) is 3.08. The fraction of sp³-hybridized carbons (Fsp3) is 0.0714. The van der Waals surface area contributed by atoms with Crippen molar-refractivity contribution < 1.29 is 18.3 Å². The summed E-state index contributed by atoms with van der Waals surface area (Å²) in [6, 6.07) is 7.86. The number of esters is 1. The molecule has 2 rings (SSSR count). The molecular formula is C14H10ClF2NO2. The Bertz CT molecular complexity index is 641. The Morgan fingerprint density at radius 2 is 1.75 bits per heavy atom. The first-order valence-corrected chi connectivity index (χ1v) is 6.02. The largest absolute Gasteiger partial charge is 0.457 e. The van der Waals surface area contributed by atoms with Gasteiger partial charge in [0, 0.05) is 0 Å². The molecule has 0 saturated heterocycles. The predicted molar refractivity (Wildman–Crippen MR) is 71.3 cm³/mol. The molecule has 0 unspecified atom stereocenters. The predicted octanol–water partition coefficient (Wildman–Crippen LogP) is 3.56. The standard InChI is InChI=1S/C14H10ClF2NO2/c15-13-8(3-1-6-12(13)18)14(19)20-7-9-10(16)4-2-5-11(9)17/h1-6H,7,18H2. The van der Waals surface area contributed by atoms with Crippen molar-refractivity contribution in [2.24, 2.45) is 0 Å². The Kier molecular flexibility index (Phi) is 4.20. The molecule has 0 aromatic heterocycles. The van der Waals surface area contributed by atoms with E-state index in [1.165, 1.54) is 24.3 Å². The second-order valence-corrected chi connectivity index (χ2v) is 4.36. The van der Waals surface area contributed by atoms with Gasteiger partial charge >= 0.3 is 5.97 Å². The van der Waals surface area contributed by atoms with Gasteiger partial charge in [-0.05, 0) is 24.3 Å². The maximum absolute atomic E-state index is 13.4. The van der Waals surface area contributed by atoms with Crippen molar-refractivity contribution in [1.29, 1.82) is 0 Å². The molecule has 6 heteroatoms. The Balaban J connectivity index is 2.15. The average molecular weight is 298 g/mol. The Labute approximate surface area is 118 Å². The van der Waals surface area contributed by atoms with Crippen LogP contribution >= 0.6 is 11.6 Å². The molecule has 0 fully saturated rings. The van der Waals surface area contributed by atoms with Gasteiger partial charge in [-0.3, -0.25) is 0 Å². The molecule has 0 amide bonds. The number of hydrogen-bond donors (Lipinski definition) is 1. The van der Waals surface area contributed by atoms with Gasteiger partial charge in [0.25, 0.3) is 0 Å². The minimum atomic E-state index is -0.801. The summed E-state index contributed by atoms with van der Waals surface area (Å²) in [4.78, 5) is 11.8. The number of nitrogen functional groups attached to an aromatic ring is 1. The third kappa shape index (κ3) is 2.88. The number of ether oxygens (including phenoxy) is 1. The quantitative estimate of drug-likeness (QED) is 0.696. The SMILES string of the molecule is Nc1cccc(C(=O)OCc2c(F)cccc2F)c1Cl. The van der Waals surface area contributed by atoms with E-state index in [4.69, 9.17) is 22.1 Å². The summed E-state index contributed by atoms with van der Waals surface area (Å²) in [7, 11) is 0. The lowest BCUT2D eigenvalue weighted by molar-refractivity contribution is 0.0465. The lowest BCUT2D eigenvalue weighted by atomic mass is 10.2. The molecule has 2 N–H and O–H groups in total. The van der Waals surface area contributed by atoms with Crippen LogP contribution < -0.4 is 5.73 Å². The molecule has 20 heavy (non-hydrogen) atoms. The molecule has 0 aliphatic heterocycles. The first-order chi connectivity index (χ1) is 9.50. The fourth-order valence-corrected chi connectivity index (χ4v) is 1.80.